The highest BCUT2D eigenvalue weighted by molar-refractivity contribution is 5.90. The van der Waals surface area contributed by atoms with E-state index in [2.05, 4.69) is 20.8 Å². The van der Waals surface area contributed by atoms with Gasteiger partial charge in [-0.3, -0.25) is 4.79 Å². The maximum Gasteiger partial charge on any atom is 0.389 e. The molecule has 2 heterocycles. The molecule has 1 amide bonds. The van der Waals surface area contributed by atoms with Gasteiger partial charge in [0.15, 0.2) is 0 Å². The zero-order valence-corrected chi connectivity index (χ0v) is 10.7. The summed E-state index contributed by atoms with van der Waals surface area (Å²) in [6, 6.07) is -0.0470. The second-order valence-electron chi connectivity index (χ2n) is 4.58. The van der Waals surface area contributed by atoms with Crippen LogP contribution in [0.3, 0.4) is 0 Å². The highest BCUT2D eigenvalue weighted by atomic mass is 19.4. The molecule has 1 aliphatic heterocycles. The minimum Gasteiger partial charge on any atom is -0.349 e. The average molecular weight is 292 g/mol. The van der Waals surface area contributed by atoms with Gasteiger partial charge >= 0.3 is 6.18 Å². The van der Waals surface area contributed by atoms with Gasteiger partial charge in [0.25, 0.3) is 11.7 Å². The van der Waals surface area contributed by atoms with Gasteiger partial charge in [0.05, 0.1) is 6.04 Å². The van der Waals surface area contributed by atoms with Crippen molar-refractivity contribution in [3.8, 4) is 0 Å². The Morgan fingerprint density at radius 2 is 2.30 bits per heavy atom. The molecule has 0 aliphatic carbocycles. The first-order chi connectivity index (χ1) is 9.46. The predicted octanol–water partition coefficient (Wildman–Crippen LogP) is 1.57. The van der Waals surface area contributed by atoms with Gasteiger partial charge in [-0.1, -0.05) is 5.16 Å². The lowest BCUT2D eigenvalue weighted by molar-refractivity contribution is -0.135. The number of carbonyl (C=O) groups excluding carboxylic acids is 1. The van der Waals surface area contributed by atoms with Crippen molar-refractivity contribution in [1.29, 1.82) is 0 Å². The molecule has 1 aliphatic rings. The monoisotopic (exact) mass is 292 g/mol. The molecule has 112 valence electrons. The van der Waals surface area contributed by atoms with Crippen LogP contribution in [0.25, 0.3) is 0 Å². The van der Waals surface area contributed by atoms with Crippen molar-refractivity contribution in [3.05, 3.63) is 11.7 Å². The van der Waals surface area contributed by atoms with Gasteiger partial charge in [-0.2, -0.15) is 18.2 Å². The maximum atomic E-state index is 11.9. The summed E-state index contributed by atoms with van der Waals surface area (Å²) in [5, 5.41) is 9.00. The Labute approximate surface area is 113 Å². The van der Waals surface area contributed by atoms with E-state index in [9.17, 15) is 18.0 Å². The summed E-state index contributed by atoms with van der Waals surface area (Å²) >= 11 is 0. The summed E-state index contributed by atoms with van der Waals surface area (Å²) in [5.74, 6) is -0.441. The van der Waals surface area contributed by atoms with Crippen LogP contribution in [0.1, 0.15) is 48.2 Å². The molecule has 1 fully saturated rings. The lowest BCUT2D eigenvalue weighted by atomic mass is 10.2. The number of hydrogen-bond acceptors (Lipinski definition) is 5. The van der Waals surface area contributed by atoms with E-state index in [1.165, 1.54) is 0 Å². The summed E-state index contributed by atoms with van der Waals surface area (Å²) in [7, 11) is 0. The van der Waals surface area contributed by atoms with E-state index in [0.717, 1.165) is 19.4 Å². The van der Waals surface area contributed by atoms with Crippen LogP contribution in [0.2, 0.25) is 0 Å². The van der Waals surface area contributed by atoms with Gasteiger partial charge in [0.1, 0.15) is 0 Å². The molecule has 9 heteroatoms. The molecule has 2 N–H and O–H groups in total. The second-order valence-corrected chi connectivity index (χ2v) is 4.58. The Balaban J connectivity index is 1.78. The lowest BCUT2D eigenvalue weighted by Gasteiger charge is -2.05. The highest BCUT2D eigenvalue weighted by Gasteiger charge is 2.27. The Kier molecular flexibility index (Phi) is 4.58. The molecule has 0 spiro atoms. The lowest BCUT2D eigenvalue weighted by Crippen LogP contribution is -2.26. The highest BCUT2D eigenvalue weighted by Crippen LogP contribution is 2.21. The number of alkyl halides is 3. The fraction of sp³-hybridized carbons (Fsp3) is 0.727. The van der Waals surface area contributed by atoms with Crippen LogP contribution in [-0.2, 0) is 0 Å². The summed E-state index contributed by atoms with van der Waals surface area (Å²) in [6.45, 7) is 0.774. The summed E-state index contributed by atoms with van der Waals surface area (Å²) in [4.78, 5) is 15.5. The molecule has 20 heavy (non-hydrogen) atoms. The molecule has 1 atom stereocenters. The van der Waals surface area contributed by atoms with E-state index in [0.29, 0.717) is 5.89 Å². The number of nitrogens with zero attached hydrogens (tertiary/aromatic N) is 2. The van der Waals surface area contributed by atoms with E-state index in [-0.39, 0.29) is 24.8 Å². The smallest absolute Gasteiger partial charge is 0.349 e. The van der Waals surface area contributed by atoms with Crippen molar-refractivity contribution in [2.24, 2.45) is 0 Å². The van der Waals surface area contributed by atoms with Crippen LogP contribution in [0.15, 0.2) is 4.52 Å². The van der Waals surface area contributed by atoms with E-state index in [1.54, 1.807) is 0 Å². The van der Waals surface area contributed by atoms with Crippen molar-refractivity contribution < 1.29 is 22.5 Å². The average Bonchev–Trinajstić information content (AvgIpc) is 3.02. The number of aromatic nitrogens is 2. The molecular formula is C11H15F3N4O2. The Bertz CT molecular complexity index is 455. The molecule has 0 saturated carbocycles. The third kappa shape index (κ3) is 4.19. The first-order valence-corrected chi connectivity index (χ1v) is 6.37. The molecule has 0 radical (unpaired) electrons. The number of nitrogens with one attached hydrogen (secondary N) is 2. The largest absolute Gasteiger partial charge is 0.389 e. The number of amides is 1. The van der Waals surface area contributed by atoms with Crippen LogP contribution in [0, 0.1) is 0 Å². The van der Waals surface area contributed by atoms with Crippen molar-refractivity contribution in [3.63, 3.8) is 0 Å². The van der Waals surface area contributed by atoms with E-state index < -0.39 is 18.5 Å². The zero-order chi connectivity index (χ0) is 14.6. The van der Waals surface area contributed by atoms with Gasteiger partial charge in [-0.15, -0.1) is 0 Å². The predicted molar refractivity (Wildman–Crippen MR) is 61.9 cm³/mol. The second kappa shape index (κ2) is 6.21. The third-order valence-electron chi connectivity index (χ3n) is 2.93. The van der Waals surface area contributed by atoms with E-state index >= 15 is 0 Å². The van der Waals surface area contributed by atoms with Crippen molar-refractivity contribution in [1.82, 2.24) is 20.8 Å². The first-order valence-electron chi connectivity index (χ1n) is 6.37. The normalized spacial score (nSPS) is 19.2. The molecule has 6 nitrogen and oxygen atoms in total. The Morgan fingerprint density at radius 3 is 2.95 bits per heavy atom. The standard InChI is InChI=1S/C11H15F3N4O2/c12-11(13,14)4-2-6-16-9(19)8-17-10(20-18-8)7-3-1-5-15-7/h7,15H,1-6H2,(H,16,19). The fourth-order valence-electron chi connectivity index (χ4n) is 1.93. The molecule has 1 aromatic heterocycles. The Morgan fingerprint density at radius 1 is 1.50 bits per heavy atom. The molecule has 1 aromatic rings. The first kappa shape index (κ1) is 14.8. The topological polar surface area (TPSA) is 80.0 Å². The number of rotatable bonds is 5. The molecular weight excluding hydrogens is 277 g/mol. The zero-order valence-electron chi connectivity index (χ0n) is 10.7. The minimum atomic E-state index is -4.21. The maximum absolute atomic E-state index is 11.9. The number of carbonyl (C=O) groups is 1. The van der Waals surface area contributed by atoms with Crippen LogP contribution < -0.4 is 10.6 Å². The van der Waals surface area contributed by atoms with Crippen LogP contribution in [0.5, 0.6) is 0 Å². The van der Waals surface area contributed by atoms with Gasteiger partial charge < -0.3 is 15.2 Å². The van der Waals surface area contributed by atoms with Crippen molar-refractivity contribution in [2.45, 2.75) is 37.9 Å². The van der Waals surface area contributed by atoms with Crippen LogP contribution >= 0.6 is 0 Å². The molecule has 1 saturated heterocycles. The quantitative estimate of drug-likeness (QED) is 0.805. The fourth-order valence-corrected chi connectivity index (χ4v) is 1.93. The van der Waals surface area contributed by atoms with Crippen LogP contribution in [0.4, 0.5) is 13.2 Å². The SMILES string of the molecule is O=C(NCCCC(F)(F)F)c1noc(C2CCCN2)n1. The molecule has 0 aromatic carbocycles. The van der Waals surface area contributed by atoms with Gasteiger partial charge in [-0.05, 0) is 25.8 Å². The third-order valence-corrected chi connectivity index (χ3v) is 2.93. The molecule has 0 bridgehead atoms. The molecule has 1 unspecified atom stereocenters. The van der Waals surface area contributed by atoms with Gasteiger partial charge in [-0.25, -0.2) is 0 Å². The van der Waals surface area contributed by atoms with E-state index in [4.69, 9.17) is 4.52 Å². The van der Waals surface area contributed by atoms with Crippen molar-refractivity contribution in [2.75, 3.05) is 13.1 Å². The van der Waals surface area contributed by atoms with Gasteiger partial charge in [0.2, 0.25) is 5.89 Å². The summed E-state index contributed by atoms with van der Waals surface area (Å²) in [6.07, 6.45) is -3.47. The van der Waals surface area contributed by atoms with Gasteiger partial charge in [0, 0.05) is 13.0 Å². The Hall–Kier alpha value is -1.64. The van der Waals surface area contributed by atoms with Crippen LogP contribution in [-0.4, -0.2) is 35.3 Å². The summed E-state index contributed by atoms with van der Waals surface area (Å²) < 4.78 is 40.7. The van der Waals surface area contributed by atoms with E-state index in [1.807, 2.05) is 0 Å². The number of hydrogen-bond donors (Lipinski definition) is 2. The summed E-state index contributed by atoms with van der Waals surface area (Å²) in [5.41, 5.74) is 0. The minimum absolute atomic E-state index is 0.0470. The molecule has 2 rings (SSSR count). The van der Waals surface area contributed by atoms with Crippen molar-refractivity contribution >= 4 is 5.91 Å². The number of halogens is 3.